The summed E-state index contributed by atoms with van der Waals surface area (Å²) in [4.78, 5) is 25.3. The van der Waals surface area contributed by atoms with E-state index in [-0.39, 0.29) is 11.1 Å². The van der Waals surface area contributed by atoms with Crippen molar-refractivity contribution in [2.75, 3.05) is 31.2 Å². The average molecular weight is 290 g/mol. The third-order valence-electron chi connectivity index (χ3n) is 3.21. The first kappa shape index (κ1) is 13.2. The Morgan fingerprint density at radius 2 is 1.85 bits per heavy atom. The number of nitrogens with zero attached hydrogens (tertiary/aromatic N) is 1. The second-order valence-corrected chi connectivity index (χ2v) is 5.56. The van der Waals surface area contributed by atoms with Gasteiger partial charge in [-0.15, -0.1) is 0 Å². The van der Waals surface area contributed by atoms with E-state index in [9.17, 15) is 9.59 Å². The number of rotatable bonds is 2. The van der Waals surface area contributed by atoms with Crippen LogP contribution in [0.1, 0.15) is 5.56 Å². The molecule has 0 radical (unpaired) electrons. The third kappa shape index (κ3) is 2.86. The Morgan fingerprint density at radius 3 is 2.45 bits per heavy atom. The van der Waals surface area contributed by atoms with Crippen molar-refractivity contribution in [3.05, 3.63) is 34.7 Å². The van der Waals surface area contributed by atoms with Crippen LogP contribution in [-0.2, 0) is 9.53 Å². The van der Waals surface area contributed by atoms with Gasteiger partial charge in [0, 0.05) is 18.8 Å². The maximum absolute atomic E-state index is 11.5. The highest BCUT2D eigenvalue weighted by molar-refractivity contribution is 8.18. The average Bonchev–Trinajstić information content (AvgIpc) is 2.79. The van der Waals surface area contributed by atoms with Gasteiger partial charge in [-0.25, -0.2) is 0 Å². The highest BCUT2D eigenvalue weighted by Crippen LogP contribution is 2.26. The van der Waals surface area contributed by atoms with Gasteiger partial charge in [-0.3, -0.25) is 14.9 Å². The smallest absolute Gasteiger partial charge is 0.290 e. The molecule has 2 aliphatic rings. The molecule has 1 aromatic carbocycles. The van der Waals surface area contributed by atoms with Crippen LogP contribution >= 0.6 is 11.8 Å². The van der Waals surface area contributed by atoms with Gasteiger partial charge < -0.3 is 9.64 Å². The number of ether oxygens (including phenoxy) is 1. The lowest BCUT2D eigenvalue weighted by Crippen LogP contribution is -2.36. The lowest BCUT2D eigenvalue weighted by molar-refractivity contribution is -0.115. The lowest BCUT2D eigenvalue weighted by atomic mass is 10.1. The van der Waals surface area contributed by atoms with Gasteiger partial charge in [0.05, 0.1) is 18.1 Å². The first-order valence-electron chi connectivity index (χ1n) is 6.40. The van der Waals surface area contributed by atoms with E-state index in [2.05, 4.69) is 10.2 Å². The summed E-state index contributed by atoms with van der Waals surface area (Å²) in [6.45, 7) is 3.30. The zero-order valence-electron chi connectivity index (χ0n) is 10.8. The molecule has 2 aliphatic heterocycles. The maximum atomic E-state index is 11.5. The Bertz CT molecular complexity index is 562. The molecule has 0 aromatic heterocycles. The Balaban J connectivity index is 1.74. The van der Waals surface area contributed by atoms with Gasteiger partial charge in [0.25, 0.3) is 11.1 Å². The molecule has 0 aliphatic carbocycles. The lowest BCUT2D eigenvalue weighted by Gasteiger charge is -2.28. The van der Waals surface area contributed by atoms with E-state index in [0.717, 1.165) is 49.3 Å². The molecule has 0 spiro atoms. The van der Waals surface area contributed by atoms with Crippen LogP contribution in [0.15, 0.2) is 29.2 Å². The Kier molecular flexibility index (Phi) is 3.75. The second-order valence-electron chi connectivity index (χ2n) is 4.54. The monoisotopic (exact) mass is 290 g/mol. The summed E-state index contributed by atoms with van der Waals surface area (Å²) in [7, 11) is 0. The fourth-order valence-electron chi connectivity index (χ4n) is 2.18. The number of amides is 2. The number of imide groups is 1. The van der Waals surface area contributed by atoms with Crippen LogP contribution < -0.4 is 10.2 Å². The Labute approximate surface area is 121 Å². The van der Waals surface area contributed by atoms with Gasteiger partial charge in [0.1, 0.15) is 0 Å². The Morgan fingerprint density at radius 1 is 1.15 bits per heavy atom. The summed E-state index contributed by atoms with van der Waals surface area (Å²) >= 11 is 0.935. The van der Waals surface area contributed by atoms with Crippen LogP contribution in [0.5, 0.6) is 0 Å². The standard InChI is InChI=1S/C14H14N2O3S/c17-13-12(20-14(18)15-13)9-10-1-3-11(4-2-10)16-5-7-19-8-6-16/h1-4,9H,5-8H2,(H,15,17,18)/b12-9+. The number of anilines is 1. The zero-order chi connectivity index (χ0) is 13.9. The highest BCUT2D eigenvalue weighted by Gasteiger charge is 2.24. The Hall–Kier alpha value is -1.79. The molecule has 104 valence electrons. The van der Waals surface area contributed by atoms with Crippen LogP contribution in [0.4, 0.5) is 10.5 Å². The molecule has 2 amide bonds. The summed E-state index contributed by atoms with van der Waals surface area (Å²) in [5.74, 6) is -0.322. The second kappa shape index (κ2) is 5.68. The molecule has 0 bridgehead atoms. The predicted molar refractivity (Wildman–Crippen MR) is 78.6 cm³/mol. The van der Waals surface area contributed by atoms with Gasteiger partial charge in [-0.2, -0.15) is 0 Å². The van der Waals surface area contributed by atoms with Gasteiger partial charge >= 0.3 is 0 Å². The topological polar surface area (TPSA) is 58.6 Å². The van der Waals surface area contributed by atoms with Crippen molar-refractivity contribution in [2.24, 2.45) is 0 Å². The van der Waals surface area contributed by atoms with E-state index >= 15 is 0 Å². The summed E-state index contributed by atoms with van der Waals surface area (Å²) in [5.41, 5.74) is 2.06. The molecule has 0 unspecified atom stereocenters. The summed E-state index contributed by atoms with van der Waals surface area (Å²) < 4.78 is 5.33. The molecule has 2 heterocycles. The molecule has 6 heteroatoms. The number of thioether (sulfide) groups is 1. The number of hydrogen-bond donors (Lipinski definition) is 1. The van der Waals surface area contributed by atoms with Crippen molar-refractivity contribution in [1.29, 1.82) is 0 Å². The molecule has 5 nitrogen and oxygen atoms in total. The molecule has 0 saturated carbocycles. The number of morpholine rings is 1. The maximum Gasteiger partial charge on any atom is 0.290 e. The molecule has 2 saturated heterocycles. The van der Waals surface area contributed by atoms with Crippen molar-refractivity contribution >= 4 is 34.7 Å². The zero-order valence-corrected chi connectivity index (χ0v) is 11.6. The number of benzene rings is 1. The van der Waals surface area contributed by atoms with E-state index in [1.807, 2.05) is 24.3 Å². The number of nitrogens with one attached hydrogen (secondary N) is 1. The summed E-state index contributed by atoms with van der Waals surface area (Å²) in [6, 6.07) is 7.96. The molecule has 2 fully saturated rings. The van der Waals surface area contributed by atoms with Crippen LogP contribution in [-0.4, -0.2) is 37.4 Å². The summed E-state index contributed by atoms with van der Waals surface area (Å²) in [6.07, 6.45) is 1.73. The quantitative estimate of drug-likeness (QED) is 0.842. The van der Waals surface area contributed by atoms with Crippen molar-refractivity contribution in [3.8, 4) is 0 Å². The minimum Gasteiger partial charge on any atom is -0.378 e. The first-order chi connectivity index (χ1) is 9.72. The number of carbonyl (C=O) groups excluding carboxylic acids is 2. The normalized spacial score (nSPS) is 21.4. The van der Waals surface area contributed by atoms with Gasteiger partial charge in [-0.05, 0) is 35.5 Å². The van der Waals surface area contributed by atoms with Crippen LogP contribution in [0, 0.1) is 0 Å². The molecule has 1 N–H and O–H groups in total. The molecule has 3 rings (SSSR count). The van der Waals surface area contributed by atoms with Gasteiger partial charge in [0.2, 0.25) is 0 Å². The van der Waals surface area contributed by atoms with Crippen LogP contribution in [0.3, 0.4) is 0 Å². The van der Waals surface area contributed by atoms with E-state index in [1.165, 1.54) is 0 Å². The SMILES string of the molecule is O=C1NC(=O)/C(=C\c2ccc(N3CCOCC3)cc2)S1. The molecule has 1 aromatic rings. The van der Waals surface area contributed by atoms with E-state index in [0.29, 0.717) is 4.91 Å². The molecular weight excluding hydrogens is 276 g/mol. The fraction of sp³-hybridized carbons (Fsp3) is 0.286. The minimum atomic E-state index is -0.322. The molecular formula is C14H14N2O3S. The largest absolute Gasteiger partial charge is 0.378 e. The highest BCUT2D eigenvalue weighted by atomic mass is 32.2. The molecule has 0 atom stereocenters. The van der Waals surface area contributed by atoms with Crippen molar-refractivity contribution in [2.45, 2.75) is 0 Å². The summed E-state index contributed by atoms with van der Waals surface area (Å²) in [5, 5.41) is 1.93. The van der Waals surface area contributed by atoms with Crippen LogP contribution in [0.25, 0.3) is 6.08 Å². The predicted octanol–water partition coefficient (Wildman–Crippen LogP) is 1.85. The van der Waals surface area contributed by atoms with E-state index in [1.54, 1.807) is 6.08 Å². The van der Waals surface area contributed by atoms with Gasteiger partial charge in [-0.1, -0.05) is 12.1 Å². The minimum absolute atomic E-state index is 0.314. The fourth-order valence-corrected chi connectivity index (χ4v) is 2.86. The first-order valence-corrected chi connectivity index (χ1v) is 7.22. The third-order valence-corrected chi connectivity index (χ3v) is 4.02. The van der Waals surface area contributed by atoms with Crippen LogP contribution in [0.2, 0.25) is 0 Å². The van der Waals surface area contributed by atoms with E-state index in [4.69, 9.17) is 4.74 Å². The van der Waals surface area contributed by atoms with Crippen molar-refractivity contribution in [1.82, 2.24) is 5.32 Å². The van der Waals surface area contributed by atoms with Gasteiger partial charge in [0.15, 0.2) is 0 Å². The molecule has 20 heavy (non-hydrogen) atoms. The van der Waals surface area contributed by atoms with Crippen molar-refractivity contribution in [3.63, 3.8) is 0 Å². The number of hydrogen-bond acceptors (Lipinski definition) is 5. The van der Waals surface area contributed by atoms with E-state index < -0.39 is 0 Å². The number of carbonyl (C=O) groups is 2. The van der Waals surface area contributed by atoms with Crippen molar-refractivity contribution < 1.29 is 14.3 Å².